The van der Waals surface area contributed by atoms with Gasteiger partial charge in [-0.25, -0.2) is 4.79 Å². The quantitative estimate of drug-likeness (QED) is 0.320. The van der Waals surface area contributed by atoms with Gasteiger partial charge in [0.25, 0.3) is 0 Å². The minimum Gasteiger partial charge on any atom is -0.454 e. The Kier molecular flexibility index (Phi) is 5.55. The number of anilines is 1. The zero-order chi connectivity index (χ0) is 22.1. The van der Waals surface area contributed by atoms with Crippen LogP contribution in [0.1, 0.15) is 44.7 Å². The molecule has 1 fully saturated rings. The van der Waals surface area contributed by atoms with Crippen molar-refractivity contribution in [2.75, 3.05) is 11.5 Å². The van der Waals surface area contributed by atoms with Crippen molar-refractivity contribution in [3.63, 3.8) is 0 Å². The highest BCUT2D eigenvalue weighted by molar-refractivity contribution is 6.22. The lowest BCUT2D eigenvalue weighted by Gasteiger charge is -2.15. The van der Waals surface area contributed by atoms with Crippen molar-refractivity contribution in [2.45, 2.75) is 26.7 Å². The highest BCUT2D eigenvalue weighted by Crippen LogP contribution is 2.37. The van der Waals surface area contributed by atoms with Crippen LogP contribution in [0, 0.1) is 25.7 Å². The van der Waals surface area contributed by atoms with Crippen LogP contribution in [-0.2, 0) is 14.3 Å². The van der Waals surface area contributed by atoms with Crippen molar-refractivity contribution in [1.29, 1.82) is 0 Å². The smallest absolute Gasteiger partial charge is 0.338 e. The number of imide groups is 1. The molecule has 1 saturated heterocycles. The van der Waals surface area contributed by atoms with E-state index in [1.807, 2.05) is 38.1 Å². The van der Waals surface area contributed by atoms with Crippen LogP contribution in [0.15, 0.2) is 54.6 Å². The molecule has 0 N–H and O–H groups in total. The Hall–Kier alpha value is -3.54. The van der Waals surface area contributed by atoms with Crippen molar-refractivity contribution in [1.82, 2.24) is 0 Å². The second kappa shape index (κ2) is 8.30. The van der Waals surface area contributed by atoms with Crippen LogP contribution in [0.2, 0.25) is 0 Å². The Morgan fingerprint density at radius 2 is 1.65 bits per heavy atom. The summed E-state index contributed by atoms with van der Waals surface area (Å²) in [4.78, 5) is 51.7. The number of amides is 2. The second-order valence-electron chi connectivity index (χ2n) is 8.04. The summed E-state index contributed by atoms with van der Waals surface area (Å²) in [6.07, 6.45) is 4.95. The van der Waals surface area contributed by atoms with E-state index in [-0.39, 0.29) is 41.6 Å². The molecule has 2 amide bonds. The summed E-state index contributed by atoms with van der Waals surface area (Å²) in [5, 5.41) is 0. The maximum atomic E-state index is 12.8. The summed E-state index contributed by atoms with van der Waals surface area (Å²) in [5.41, 5.74) is 2.81. The van der Waals surface area contributed by atoms with Crippen LogP contribution in [0.5, 0.6) is 0 Å². The standard InChI is InChI=1S/C25H23NO5/c1-15-10-11-16(2)21(12-15)22(27)14-31-25(30)17-6-5-7-18(13-17)26-23(28)19-8-3-4-9-20(19)24(26)29/h3-7,10-13,19-20H,8-9,14H2,1-2H3. The molecule has 0 bridgehead atoms. The van der Waals surface area contributed by atoms with Gasteiger partial charge in [-0.05, 0) is 56.5 Å². The van der Waals surface area contributed by atoms with Gasteiger partial charge in [0.2, 0.25) is 17.6 Å². The first kappa shape index (κ1) is 20.7. The van der Waals surface area contributed by atoms with E-state index in [4.69, 9.17) is 4.74 Å². The van der Waals surface area contributed by atoms with Gasteiger partial charge in [0.15, 0.2) is 6.61 Å². The molecular formula is C25H23NO5. The predicted molar refractivity (Wildman–Crippen MR) is 115 cm³/mol. The molecule has 1 heterocycles. The predicted octanol–water partition coefficient (Wildman–Crippen LogP) is 3.80. The lowest BCUT2D eigenvalue weighted by Crippen LogP contribution is -2.31. The monoisotopic (exact) mass is 417 g/mol. The third kappa shape index (κ3) is 3.93. The normalized spacial score (nSPS) is 20.0. The fraction of sp³-hybridized carbons (Fsp3) is 0.280. The van der Waals surface area contributed by atoms with Gasteiger partial charge in [-0.1, -0.05) is 35.9 Å². The lowest BCUT2D eigenvalue weighted by atomic mass is 9.85. The van der Waals surface area contributed by atoms with Crippen molar-refractivity contribution < 1.29 is 23.9 Å². The molecule has 4 rings (SSSR count). The number of Topliss-reactive ketones (excluding diaryl/α,β-unsaturated/α-hetero) is 1. The van der Waals surface area contributed by atoms with E-state index >= 15 is 0 Å². The summed E-state index contributed by atoms with van der Waals surface area (Å²) in [6.45, 7) is 3.33. The number of hydrogen-bond acceptors (Lipinski definition) is 5. The number of hydrogen-bond donors (Lipinski definition) is 0. The molecule has 6 heteroatoms. The van der Waals surface area contributed by atoms with E-state index in [0.29, 0.717) is 24.1 Å². The second-order valence-corrected chi connectivity index (χ2v) is 8.04. The Balaban J connectivity index is 1.48. The summed E-state index contributed by atoms with van der Waals surface area (Å²) in [6, 6.07) is 11.8. The molecular weight excluding hydrogens is 394 g/mol. The van der Waals surface area contributed by atoms with Crippen molar-refractivity contribution >= 4 is 29.3 Å². The number of allylic oxidation sites excluding steroid dienone is 2. The third-order valence-electron chi connectivity index (χ3n) is 5.88. The first-order valence-corrected chi connectivity index (χ1v) is 10.3. The minimum absolute atomic E-state index is 0.180. The molecule has 2 unspecified atom stereocenters. The maximum absolute atomic E-state index is 12.8. The number of carbonyl (C=O) groups excluding carboxylic acids is 4. The van der Waals surface area contributed by atoms with Gasteiger partial charge in [-0.15, -0.1) is 0 Å². The van der Waals surface area contributed by atoms with Crippen LogP contribution in [-0.4, -0.2) is 30.2 Å². The molecule has 0 radical (unpaired) electrons. The Labute approximate surface area is 180 Å². The lowest BCUT2D eigenvalue weighted by molar-refractivity contribution is -0.122. The molecule has 2 atom stereocenters. The molecule has 0 saturated carbocycles. The Morgan fingerprint density at radius 1 is 0.968 bits per heavy atom. The topological polar surface area (TPSA) is 80.8 Å². The van der Waals surface area contributed by atoms with Gasteiger partial charge in [0.05, 0.1) is 23.1 Å². The Bertz CT molecular complexity index is 1090. The van der Waals surface area contributed by atoms with E-state index in [9.17, 15) is 19.2 Å². The molecule has 2 aromatic carbocycles. The first-order valence-electron chi connectivity index (χ1n) is 10.3. The van der Waals surface area contributed by atoms with Crippen LogP contribution >= 0.6 is 0 Å². The molecule has 0 aromatic heterocycles. The summed E-state index contributed by atoms with van der Waals surface area (Å²) in [5.74, 6) is -2.14. The summed E-state index contributed by atoms with van der Waals surface area (Å²) < 4.78 is 5.22. The van der Waals surface area contributed by atoms with Crippen molar-refractivity contribution in [3.8, 4) is 0 Å². The van der Waals surface area contributed by atoms with E-state index in [2.05, 4.69) is 0 Å². The zero-order valence-corrected chi connectivity index (χ0v) is 17.5. The molecule has 0 spiro atoms. The van der Waals surface area contributed by atoms with Crippen LogP contribution < -0.4 is 4.90 Å². The average molecular weight is 417 g/mol. The highest BCUT2D eigenvalue weighted by atomic mass is 16.5. The SMILES string of the molecule is Cc1ccc(C)c(C(=O)COC(=O)c2cccc(N3C(=O)C4CC=CCC4C3=O)c2)c1. The molecule has 158 valence electrons. The number of nitrogens with zero attached hydrogens (tertiary/aromatic N) is 1. The number of ether oxygens (including phenoxy) is 1. The van der Waals surface area contributed by atoms with Gasteiger partial charge in [0, 0.05) is 5.56 Å². The minimum atomic E-state index is -0.682. The molecule has 2 aromatic rings. The fourth-order valence-electron chi connectivity index (χ4n) is 4.16. The van der Waals surface area contributed by atoms with Crippen LogP contribution in [0.4, 0.5) is 5.69 Å². The Morgan fingerprint density at radius 3 is 2.32 bits per heavy atom. The molecule has 1 aliphatic heterocycles. The average Bonchev–Trinajstić information content (AvgIpc) is 3.04. The summed E-state index contributed by atoms with van der Waals surface area (Å²) in [7, 11) is 0. The van der Waals surface area contributed by atoms with Gasteiger partial charge in [0.1, 0.15) is 0 Å². The van der Waals surface area contributed by atoms with E-state index in [0.717, 1.165) is 11.1 Å². The molecule has 6 nitrogen and oxygen atoms in total. The van der Waals surface area contributed by atoms with Crippen LogP contribution in [0.3, 0.4) is 0 Å². The third-order valence-corrected chi connectivity index (χ3v) is 5.88. The highest BCUT2D eigenvalue weighted by Gasteiger charge is 2.47. The number of aryl methyl sites for hydroxylation is 2. The first-order chi connectivity index (χ1) is 14.9. The summed E-state index contributed by atoms with van der Waals surface area (Å²) >= 11 is 0. The van der Waals surface area contributed by atoms with Crippen molar-refractivity contribution in [3.05, 3.63) is 76.9 Å². The van der Waals surface area contributed by atoms with E-state index in [1.165, 1.54) is 17.0 Å². The fourth-order valence-corrected chi connectivity index (χ4v) is 4.16. The zero-order valence-electron chi connectivity index (χ0n) is 17.5. The van der Waals surface area contributed by atoms with Crippen molar-refractivity contribution in [2.24, 2.45) is 11.8 Å². The maximum Gasteiger partial charge on any atom is 0.338 e. The number of esters is 1. The number of carbonyl (C=O) groups is 4. The van der Waals surface area contributed by atoms with Gasteiger partial charge >= 0.3 is 5.97 Å². The number of ketones is 1. The van der Waals surface area contributed by atoms with E-state index in [1.54, 1.807) is 18.2 Å². The largest absolute Gasteiger partial charge is 0.454 e. The number of fused-ring (bicyclic) bond motifs is 1. The van der Waals surface area contributed by atoms with Gasteiger partial charge in [-0.3, -0.25) is 19.3 Å². The molecule has 31 heavy (non-hydrogen) atoms. The number of rotatable bonds is 5. The molecule has 1 aliphatic carbocycles. The van der Waals surface area contributed by atoms with Gasteiger partial charge in [-0.2, -0.15) is 0 Å². The molecule has 2 aliphatic rings. The van der Waals surface area contributed by atoms with E-state index < -0.39 is 5.97 Å². The number of benzene rings is 2. The van der Waals surface area contributed by atoms with Gasteiger partial charge < -0.3 is 4.74 Å². The van der Waals surface area contributed by atoms with Crippen LogP contribution in [0.25, 0.3) is 0 Å².